The van der Waals surface area contributed by atoms with E-state index in [4.69, 9.17) is 5.73 Å². The van der Waals surface area contributed by atoms with Gasteiger partial charge in [-0.1, -0.05) is 30.3 Å². The minimum absolute atomic E-state index is 0.0660. The zero-order valence-electron chi connectivity index (χ0n) is 11.5. The molecule has 0 aliphatic carbocycles. The third-order valence-corrected chi connectivity index (χ3v) is 3.12. The monoisotopic (exact) mass is 269 g/mol. The number of benzene rings is 1. The Balaban J connectivity index is 2.02. The smallest absolute Gasteiger partial charge is 0.229 e. The predicted molar refractivity (Wildman–Crippen MR) is 80.3 cm³/mol. The quantitative estimate of drug-likeness (QED) is 0.874. The van der Waals surface area contributed by atoms with Crippen LogP contribution in [0.5, 0.6) is 0 Å². The number of nitrogens with two attached hydrogens (primary N) is 1. The molecule has 1 heterocycles. The molecule has 0 aliphatic heterocycles. The minimum Gasteiger partial charge on any atom is -0.330 e. The van der Waals surface area contributed by atoms with Gasteiger partial charge in [-0.2, -0.15) is 0 Å². The van der Waals surface area contributed by atoms with E-state index in [1.807, 2.05) is 43.3 Å². The van der Waals surface area contributed by atoms with Crippen molar-refractivity contribution in [1.29, 1.82) is 0 Å². The summed E-state index contributed by atoms with van der Waals surface area (Å²) in [5.41, 5.74) is 8.56. The van der Waals surface area contributed by atoms with Crippen molar-refractivity contribution in [2.45, 2.75) is 13.3 Å². The Labute approximate surface area is 119 Å². The summed E-state index contributed by atoms with van der Waals surface area (Å²) >= 11 is 0. The van der Waals surface area contributed by atoms with E-state index in [0.29, 0.717) is 18.7 Å². The van der Waals surface area contributed by atoms with Gasteiger partial charge in [0.25, 0.3) is 0 Å². The van der Waals surface area contributed by atoms with Gasteiger partial charge in [0.15, 0.2) is 0 Å². The SMILES string of the molecule is Cc1cncc(NC(=O)C(CN)Cc2ccccc2)c1. The van der Waals surface area contributed by atoms with E-state index in [0.717, 1.165) is 11.1 Å². The average molecular weight is 269 g/mol. The first-order valence-corrected chi connectivity index (χ1v) is 6.65. The van der Waals surface area contributed by atoms with Gasteiger partial charge in [-0.15, -0.1) is 0 Å². The first kappa shape index (κ1) is 14.2. The van der Waals surface area contributed by atoms with Gasteiger partial charge in [-0.25, -0.2) is 0 Å². The number of aryl methyl sites for hydroxylation is 1. The molecule has 1 atom stereocenters. The van der Waals surface area contributed by atoms with E-state index < -0.39 is 0 Å². The van der Waals surface area contributed by atoms with Gasteiger partial charge in [0, 0.05) is 12.7 Å². The minimum atomic E-state index is -0.238. The molecule has 1 unspecified atom stereocenters. The average Bonchev–Trinajstić information content (AvgIpc) is 2.45. The first-order valence-electron chi connectivity index (χ1n) is 6.65. The fourth-order valence-corrected chi connectivity index (χ4v) is 2.05. The van der Waals surface area contributed by atoms with Gasteiger partial charge in [-0.3, -0.25) is 9.78 Å². The molecule has 1 aromatic carbocycles. The normalized spacial score (nSPS) is 11.9. The van der Waals surface area contributed by atoms with Crippen molar-refractivity contribution in [3.8, 4) is 0 Å². The molecule has 3 N–H and O–H groups in total. The fraction of sp³-hybridized carbons (Fsp3) is 0.250. The summed E-state index contributed by atoms with van der Waals surface area (Å²) in [6, 6.07) is 11.8. The molecule has 4 nitrogen and oxygen atoms in total. The lowest BCUT2D eigenvalue weighted by atomic mass is 9.98. The maximum Gasteiger partial charge on any atom is 0.229 e. The van der Waals surface area contributed by atoms with Crippen molar-refractivity contribution in [2.75, 3.05) is 11.9 Å². The molecule has 0 fully saturated rings. The number of hydrogen-bond donors (Lipinski definition) is 2. The van der Waals surface area contributed by atoms with Crippen LogP contribution in [0, 0.1) is 12.8 Å². The van der Waals surface area contributed by atoms with Gasteiger partial charge in [0.05, 0.1) is 17.8 Å². The van der Waals surface area contributed by atoms with Gasteiger partial charge in [0.1, 0.15) is 0 Å². The summed E-state index contributed by atoms with van der Waals surface area (Å²) in [5.74, 6) is -0.304. The second-order valence-corrected chi connectivity index (χ2v) is 4.86. The molecule has 0 saturated carbocycles. The van der Waals surface area contributed by atoms with E-state index in [1.54, 1.807) is 12.4 Å². The highest BCUT2D eigenvalue weighted by Gasteiger charge is 2.17. The predicted octanol–water partition coefficient (Wildman–Crippen LogP) is 2.15. The Morgan fingerprint density at radius 3 is 2.70 bits per heavy atom. The maximum atomic E-state index is 12.2. The highest BCUT2D eigenvalue weighted by molar-refractivity contribution is 5.92. The number of carbonyl (C=O) groups is 1. The lowest BCUT2D eigenvalue weighted by Gasteiger charge is -2.15. The van der Waals surface area contributed by atoms with Crippen LogP contribution in [0.15, 0.2) is 48.8 Å². The summed E-state index contributed by atoms with van der Waals surface area (Å²) in [6.07, 6.45) is 4.03. The standard InChI is InChI=1S/C16H19N3O/c1-12-7-15(11-18-10-12)19-16(20)14(9-17)8-13-5-3-2-4-6-13/h2-7,10-11,14H,8-9,17H2,1H3,(H,19,20). The summed E-state index contributed by atoms with van der Waals surface area (Å²) in [4.78, 5) is 16.3. The molecule has 0 radical (unpaired) electrons. The third kappa shape index (κ3) is 3.90. The highest BCUT2D eigenvalue weighted by Crippen LogP contribution is 2.12. The Bertz CT molecular complexity index is 569. The molecule has 2 aromatic rings. The Kier molecular flexibility index (Phi) is 4.85. The van der Waals surface area contributed by atoms with Crippen LogP contribution in [0.2, 0.25) is 0 Å². The fourth-order valence-electron chi connectivity index (χ4n) is 2.05. The molecular weight excluding hydrogens is 250 g/mol. The number of amides is 1. The molecule has 2 rings (SSSR count). The van der Waals surface area contributed by atoms with E-state index >= 15 is 0 Å². The molecule has 0 bridgehead atoms. The summed E-state index contributed by atoms with van der Waals surface area (Å²) in [7, 11) is 0. The number of pyridine rings is 1. The number of rotatable bonds is 5. The van der Waals surface area contributed by atoms with Crippen LogP contribution in [0.25, 0.3) is 0 Å². The summed E-state index contributed by atoms with van der Waals surface area (Å²) in [5, 5.41) is 2.87. The van der Waals surface area contributed by atoms with Gasteiger partial charge in [0.2, 0.25) is 5.91 Å². The second kappa shape index (κ2) is 6.82. The van der Waals surface area contributed by atoms with Crippen LogP contribution in [0.4, 0.5) is 5.69 Å². The molecular formula is C16H19N3O. The Morgan fingerprint density at radius 2 is 2.05 bits per heavy atom. The largest absolute Gasteiger partial charge is 0.330 e. The van der Waals surface area contributed by atoms with Crippen molar-refractivity contribution in [1.82, 2.24) is 4.98 Å². The molecule has 0 spiro atoms. The van der Waals surface area contributed by atoms with Gasteiger partial charge in [-0.05, 0) is 30.5 Å². The zero-order chi connectivity index (χ0) is 14.4. The zero-order valence-corrected chi connectivity index (χ0v) is 11.5. The third-order valence-electron chi connectivity index (χ3n) is 3.12. The molecule has 1 amide bonds. The highest BCUT2D eigenvalue weighted by atomic mass is 16.1. The van der Waals surface area contributed by atoms with Crippen molar-refractivity contribution < 1.29 is 4.79 Å². The number of aromatic nitrogens is 1. The number of carbonyl (C=O) groups excluding carboxylic acids is 1. The van der Waals surface area contributed by atoms with E-state index in [2.05, 4.69) is 10.3 Å². The van der Waals surface area contributed by atoms with Crippen LogP contribution >= 0.6 is 0 Å². The number of anilines is 1. The number of hydrogen-bond acceptors (Lipinski definition) is 3. The lowest BCUT2D eigenvalue weighted by Crippen LogP contribution is -2.31. The van der Waals surface area contributed by atoms with Crippen LogP contribution in [-0.2, 0) is 11.2 Å². The van der Waals surface area contributed by atoms with Crippen LogP contribution < -0.4 is 11.1 Å². The van der Waals surface area contributed by atoms with E-state index in [9.17, 15) is 4.79 Å². The summed E-state index contributed by atoms with van der Waals surface area (Å²) < 4.78 is 0. The maximum absolute atomic E-state index is 12.2. The number of nitrogens with zero attached hydrogens (tertiary/aromatic N) is 1. The van der Waals surface area contributed by atoms with Gasteiger partial charge >= 0.3 is 0 Å². The topological polar surface area (TPSA) is 68.0 Å². The second-order valence-electron chi connectivity index (χ2n) is 4.86. The molecule has 1 aromatic heterocycles. The Hall–Kier alpha value is -2.20. The molecule has 0 saturated heterocycles. The van der Waals surface area contributed by atoms with Gasteiger partial charge < -0.3 is 11.1 Å². The molecule has 0 aliphatic rings. The van der Waals surface area contributed by atoms with Crippen LogP contribution in [0.3, 0.4) is 0 Å². The van der Waals surface area contributed by atoms with E-state index in [1.165, 1.54) is 0 Å². The van der Waals surface area contributed by atoms with Crippen molar-refractivity contribution in [2.24, 2.45) is 11.7 Å². The molecule has 20 heavy (non-hydrogen) atoms. The van der Waals surface area contributed by atoms with Crippen LogP contribution in [0.1, 0.15) is 11.1 Å². The lowest BCUT2D eigenvalue weighted by molar-refractivity contribution is -0.119. The van der Waals surface area contributed by atoms with Crippen LogP contribution in [-0.4, -0.2) is 17.4 Å². The first-order chi connectivity index (χ1) is 9.69. The Morgan fingerprint density at radius 1 is 1.30 bits per heavy atom. The molecule has 104 valence electrons. The van der Waals surface area contributed by atoms with Crippen molar-refractivity contribution >= 4 is 11.6 Å². The summed E-state index contributed by atoms with van der Waals surface area (Å²) in [6.45, 7) is 2.26. The number of nitrogens with one attached hydrogen (secondary N) is 1. The van der Waals surface area contributed by atoms with Crippen molar-refractivity contribution in [3.63, 3.8) is 0 Å². The van der Waals surface area contributed by atoms with E-state index in [-0.39, 0.29) is 11.8 Å². The molecule has 4 heteroatoms. The van der Waals surface area contributed by atoms with Crippen molar-refractivity contribution in [3.05, 3.63) is 59.9 Å².